The highest BCUT2D eigenvalue weighted by Crippen LogP contribution is 2.18. The SMILES string of the molecule is CC(C)(C)NC(=O)c1cc(Nc2ccc(Br)cc2)ncn1. The number of hydrogen-bond donors (Lipinski definition) is 2. The van der Waals surface area contributed by atoms with Gasteiger partial charge in [-0.15, -0.1) is 0 Å². The molecule has 2 rings (SSSR count). The molecule has 1 amide bonds. The van der Waals surface area contributed by atoms with E-state index in [9.17, 15) is 4.79 Å². The van der Waals surface area contributed by atoms with Crippen molar-refractivity contribution in [2.75, 3.05) is 5.32 Å². The third-order valence-electron chi connectivity index (χ3n) is 2.50. The van der Waals surface area contributed by atoms with Gasteiger partial charge in [0.05, 0.1) is 0 Å². The molecular formula is C15H17BrN4O. The zero-order chi connectivity index (χ0) is 15.5. The molecule has 1 aromatic heterocycles. The molecule has 0 radical (unpaired) electrons. The molecule has 1 aromatic carbocycles. The van der Waals surface area contributed by atoms with Gasteiger partial charge in [-0.1, -0.05) is 15.9 Å². The fourth-order valence-corrected chi connectivity index (χ4v) is 1.90. The van der Waals surface area contributed by atoms with Gasteiger partial charge in [0.15, 0.2) is 0 Å². The Hall–Kier alpha value is -1.95. The molecule has 21 heavy (non-hydrogen) atoms. The van der Waals surface area contributed by atoms with Gasteiger partial charge in [0.2, 0.25) is 0 Å². The molecule has 0 saturated carbocycles. The summed E-state index contributed by atoms with van der Waals surface area (Å²) >= 11 is 3.38. The van der Waals surface area contributed by atoms with Gasteiger partial charge in [0.25, 0.3) is 5.91 Å². The van der Waals surface area contributed by atoms with E-state index >= 15 is 0 Å². The first-order valence-corrected chi connectivity index (χ1v) is 7.30. The van der Waals surface area contributed by atoms with Crippen molar-refractivity contribution in [1.82, 2.24) is 15.3 Å². The van der Waals surface area contributed by atoms with Crippen molar-refractivity contribution in [2.24, 2.45) is 0 Å². The van der Waals surface area contributed by atoms with E-state index in [-0.39, 0.29) is 11.4 Å². The number of carbonyl (C=O) groups is 1. The molecule has 2 aromatic rings. The number of nitrogens with zero attached hydrogens (tertiary/aromatic N) is 2. The average molecular weight is 349 g/mol. The molecule has 6 heteroatoms. The zero-order valence-electron chi connectivity index (χ0n) is 12.1. The second kappa shape index (κ2) is 6.22. The average Bonchev–Trinajstić information content (AvgIpc) is 2.40. The predicted octanol–water partition coefficient (Wildman–Crippen LogP) is 3.51. The lowest BCUT2D eigenvalue weighted by molar-refractivity contribution is 0.0914. The first-order valence-electron chi connectivity index (χ1n) is 6.51. The van der Waals surface area contributed by atoms with E-state index in [1.54, 1.807) is 6.07 Å². The van der Waals surface area contributed by atoms with Crippen molar-refractivity contribution in [2.45, 2.75) is 26.3 Å². The van der Waals surface area contributed by atoms with Crippen LogP contribution < -0.4 is 10.6 Å². The molecular weight excluding hydrogens is 332 g/mol. The van der Waals surface area contributed by atoms with Crippen molar-refractivity contribution in [1.29, 1.82) is 0 Å². The van der Waals surface area contributed by atoms with Crippen LogP contribution in [0.3, 0.4) is 0 Å². The first-order chi connectivity index (χ1) is 9.83. The van der Waals surface area contributed by atoms with E-state index in [1.165, 1.54) is 6.33 Å². The van der Waals surface area contributed by atoms with Crippen LogP contribution in [0.1, 0.15) is 31.3 Å². The highest BCUT2D eigenvalue weighted by molar-refractivity contribution is 9.10. The summed E-state index contributed by atoms with van der Waals surface area (Å²) in [5.41, 5.74) is 0.917. The van der Waals surface area contributed by atoms with Gasteiger partial charge in [0.1, 0.15) is 17.8 Å². The third-order valence-corrected chi connectivity index (χ3v) is 3.03. The van der Waals surface area contributed by atoms with Crippen LogP contribution in [0.25, 0.3) is 0 Å². The Bertz CT molecular complexity index is 635. The number of anilines is 2. The van der Waals surface area contributed by atoms with E-state index in [1.807, 2.05) is 45.0 Å². The Morgan fingerprint density at radius 1 is 1.14 bits per heavy atom. The molecule has 5 nitrogen and oxygen atoms in total. The number of rotatable bonds is 3. The van der Waals surface area contributed by atoms with Gasteiger partial charge < -0.3 is 10.6 Å². The summed E-state index contributed by atoms with van der Waals surface area (Å²) in [6.45, 7) is 5.77. The van der Waals surface area contributed by atoms with Crippen molar-refractivity contribution >= 4 is 33.3 Å². The third kappa shape index (κ3) is 4.82. The minimum absolute atomic E-state index is 0.219. The highest BCUT2D eigenvalue weighted by Gasteiger charge is 2.16. The van der Waals surface area contributed by atoms with E-state index in [0.717, 1.165) is 10.2 Å². The van der Waals surface area contributed by atoms with Gasteiger partial charge in [0, 0.05) is 21.8 Å². The summed E-state index contributed by atoms with van der Waals surface area (Å²) in [5, 5.41) is 6.01. The standard InChI is InChI=1S/C15H17BrN4O/c1-15(2,3)20-14(21)12-8-13(18-9-17-12)19-11-6-4-10(16)5-7-11/h4-9H,1-3H3,(H,20,21)(H,17,18,19). The van der Waals surface area contributed by atoms with Crippen LogP contribution in [0.4, 0.5) is 11.5 Å². The van der Waals surface area contributed by atoms with Crippen molar-refractivity contribution in [3.8, 4) is 0 Å². The fourth-order valence-electron chi connectivity index (χ4n) is 1.64. The van der Waals surface area contributed by atoms with E-state index in [4.69, 9.17) is 0 Å². The summed E-state index contributed by atoms with van der Waals surface area (Å²) in [7, 11) is 0. The van der Waals surface area contributed by atoms with E-state index in [0.29, 0.717) is 11.5 Å². The number of aromatic nitrogens is 2. The number of nitrogens with one attached hydrogen (secondary N) is 2. The molecule has 110 valence electrons. The van der Waals surface area contributed by atoms with Crippen LogP contribution >= 0.6 is 15.9 Å². The number of halogens is 1. The van der Waals surface area contributed by atoms with Crippen LogP contribution in [0, 0.1) is 0 Å². The Morgan fingerprint density at radius 2 is 1.81 bits per heavy atom. The molecule has 0 aliphatic heterocycles. The lowest BCUT2D eigenvalue weighted by Gasteiger charge is -2.20. The van der Waals surface area contributed by atoms with Crippen LogP contribution in [-0.4, -0.2) is 21.4 Å². The second-order valence-electron chi connectivity index (χ2n) is 5.62. The Morgan fingerprint density at radius 3 is 2.43 bits per heavy atom. The first kappa shape index (κ1) is 15.4. The predicted molar refractivity (Wildman–Crippen MR) is 86.7 cm³/mol. The molecule has 2 N–H and O–H groups in total. The molecule has 0 atom stereocenters. The van der Waals surface area contributed by atoms with Gasteiger partial charge >= 0.3 is 0 Å². The summed E-state index contributed by atoms with van der Waals surface area (Å²) in [6, 6.07) is 9.32. The fraction of sp³-hybridized carbons (Fsp3) is 0.267. The van der Waals surface area contributed by atoms with Gasteiger partial charge in [-0.2, -0.15) is 0 Å². The van der Waals surface area contributed by atoms with Crippen molar-refractivity contribution in [3.05, 3.63) is 46.8 Å². The summed E-state index contributed by atoms with van der Waals surface area (Å²) in [6.07, 6.45) is 1.37. The summed E-state index contributed by atoms with van der Waals surface area (Å²) < 4.78 is 1.00. The second-order valence-corrected chi connectivity index (χ2v) is 6.54. The monoisotopic (exact) mass is 348 g/mol. The molecule has 0 fully saturated rings. The summed E-state index contributed by atoms with van der Waals surface area (Å²) in [5.74, 6) is 0.357. The van der Waals surface area contributed by atoms with Gasteiger partial charge in [-0.05, 0) is 45.0 Å². The van der Waals surface area contributed by atoms with Crippen LogP contribution in [0.5, 0.6) is 0 Å². The smallest absolute Gasteiger partial charge is 0.270 e. The van der Waals surface area contributed by atoms with E-state index in [2.05, 4.69) is 36.5 Å². The maximum absolute atomic E-state index is 12.1. The number of carbonyl (C=O) groups excluding carboxylic acids is 1. The maximum atomic E-state index is 12.1. The molecule has 0 aliphatic carbocycles. The summed E-state index contributed by atoms with van der Waals surface area (Å²) in [4.78, 5) is 20.2. The quantitative estimate of drug-likeness (QED) is 0.890. The number of amides is 1. The largest absolute Gasteiger partial charge is 0.346 e. The topological polar surface area (TPSA) is 66.9 Å². The van der Waals surface area contributed by atoms with Gasteiger partial charge in [-0.3, -0.25) is 4.79 Å². The van der Waals surface area contributed by atoms with E-state index < -0.39 is 0 Å². The lowest BCUT2D eigenvalue weighted by atomic mass is 10.1. The Labute approximate surface area is 132 Å². The van der Waals surface area contributed by atoms with Crippen LogP contribution in [0.15, 0.2) is 41.1 Å². The van der Waals surface area contributed by atoms with Crippen LogP contribution in [0.2, 0.25) is 0 Å². The number of hydrogen-bond acceptors (Lipinski definition) is 4. The van der Waals surface area contributed by atoms with Crippen LogP contribution in [-0.2, 0) is 0 Å². The molecule has 0 spiro atoms. The minimum atomic E-state index is -0.304. The van der Waals surface area contributed by atoms with Crippen molar-refractivity contribution in [3.63, 3.8) is 0 Å². The molecule has 0 unspecified atom stereocenters. The Balaban J connectivity index is 2.14. The molecule has 1 heterocycles. The maximum Gasteiger partial charge on any atom is 0.270 e. The zero-order valence-corrected chi connectivity index (χ0v) is 13.7. The highest BCUT2D eigenvalue weighted by atomic mass is 79.9. The lowest BCUT2D eigenvalue weighted by Crippen LogP contribution is -2.40. The number of benzene rings is 1. The molecule has 0 bridgehead atoms. The Kier molecular flexibility index (Phi) is 4.57. The minimum Gasteiger partial charge on any atom is -0.346 e. The van der Waals surface area contributed by atoms with Gasteiger partial charge in [-0.25, -0.2) is 9.97 Å². The van der Waals surface area contributed by atoms with Crippen molar-refractivity contribution < 1.29 is 4.79 Å². The normalized spacial score (nSPS) is 11.0. The molecule has 0 aliphatic rings. The molecule has 0 saturated heterocycles.